The van der Waals surface area contributed by atoms with E-state index in [1.807, 2.05) is 0 Å². The molecule has 3 unspecified atom stereocenters. The molecule has 0 bridgehead atoms. The molecule has 1 N–H and O–H groups in total. The summed E-state index contributed by atoms with van der Waals surface area (Å²) in [4.78, 5) is 15.8. The van der Waals surface area contributed by atoms with E-state index < -0.39 is 5.95 Å². The van der Waals surface area contributed by atoms with Gasteiger partial charge in [0.05, 0.1) is 5.56 Å². The summed E-state index contributed by atoms with van der Waals surface area (Å²) in [6, 6.07) is 2.91. The molecule has 1 amide bonds. The highest BCUT2D eigenvalue weighted by Crippen LogP contribution is 2.33. The van der Waals surface area contributed by atoms with Crippen molar-refractivity contribution in [2.45, 2.75) is 46.1 Å². The van der Waals surface area contributed by atoms with E-state index in [1.165, 1.54) is 24.8 Å². The van der Waals surface area contributed by atoms with Gasteiger partial charge in [-0.1, -0.05) is 27.2 Å². The number of halogens is 1. The monoisotopic (exact) mass is 278 g/mol. The number of nitrogens with one attached hydrogen (secondary N) is 1. The van der Waals surface area contributed by atoms with Crippen molar-refractivity contribution in [3.63, 3.8) is 0 Å². The number of amides is 1. The van der Waals surface area contributed by atoms with Crippen molar-refractivity contribution in [3.05, 3.63) is 29.8 Å². The molecule has 1 aromatic rings. The van der Waals surface area contributed by atoms with E-state index in [0.29, 0.717) is 23.3 Å². The first-order valence-electron chi connectivity index (χ1n) is 7.39. The Kier molecular flexibility index (Phi) is 4.73. The highest BCUT2D eigenvalue weighted by Gasteiger charge is 2.31. The van der Waals surface area contributed by atoms with Gasteiger partial charge in [-0.2, -0.15) is 4.39 Å². The lowest BCUT2D eigenvalue weighted by Gasteiger charge is -2.37. The summed E-state index contributed by atoms with van der Waals surface area (Å²) < 4.78 is 12.8. The molecule has 0 aromatic carbocycles. The Morgan fingerprint density at radius 1 is 1.40 bits per heavy atom. The number of aromatic nitrogens is 1. The highest BCUT2D eigenvalue weighted by molar-refractivity contribution is 5.94. The first-order chi connectivity index (χ1) is 9.47. The molecule has 1 fully saturated rings. The van der Waals surface area contributed by atoms with E-state index in [0.717, 1.165) is 12.8 Å². The van der Waals surface area contributed by atoms with Crippen molar-refractivity contribution >= 4 is 5.91 Å². The zero-order valence-corrected chi connectivity index (χ0v) is 12.4. The standard InChI is InChI=1S/C16H23FN2O/c1-10(2)13-6-4-11(3)8-14(13)19-16(20)12-5-7-15(17)18-9-12/h5,7,9-11,13-14H,4,6,8H2,1-3H3,(H,19,20). The summed E-state index contributed by atoms with van der Waals surface area (Å²) in [5.74, 6) is 1.000. The minimum Gasteiger partial charge on any atom is -0.349 e. The summed E-state index contributed by atoms with van der Waals surface area (Å²) in [7, 11) is 0. The van der Waals surface area contributed by atoms with E-state index in [2.05, 4.69) is 31.1 Å². The molecule has 3 atom stereocenters. The molecule has 110 valence electrons. The van der Waals surface area contributed by atoms with Gasteiger partial charge in [-0.15, -0.1) is 0 Å². The number of hydrogen-bond acceptors (Lipinski definition) is 2. The molecule has 1 aliphatic carbocycles. The second-order valence-corrected chi connectivity index (χ2v) is 6.28. The van der Waals surface area contributed by atoms with Crippen LogP contribution in [0, 0.1) is 23.7 Å². The van der Waals surface area contributed by atoms with Gasteiger partial charge >= 0.3 is 0 Å². The van der Waals surface area contributed by atoms with Gasteiger partial charge in [-0.05, 0) is 42.7 Å². The fourth-order valence-corrected chi connectivity index (χ4v) is 3.13. The van der Waals surface area contributed by atoms with Gasteiger partial charge in [0.2, 0.25) is 5.95 Å². The van der Waals surface area contributed by atoms with Crippen molar-refractivity contribution in [2.75, 3.05) is 0 Å². The van der Waals surface area contributed by atoms with E-state index in [4.69, 9.17) is 0 Å². The third-order valence-electron chi connectivity index (χ3n) is 4.33. The molecule has 1 aromatic heterocycles. The highest BCUT2D eigenvalue weighted by atomic mass is 19.1. The maximum atomic E-state index is 12.8. The lowest BCUT2D eigenvalue weighted by atomic mass is 9.74. The number of carbonyl (C=O) groups is 1. The van der Waals surface area contributed by atoms with Gasteiger partial charge in [0.25, 0.3) is 5.91 Å². The summed E-state index contributed by atoms with van der Waals surface area (Å²) in [5, 5.41) is 3.12. The Bertz CT molecular complexity index is 458. The Hall–Kier alpha value is -1.45. The summed E-state index contributed by atoms with van der Waals surface area (Å²) in [6.07, 6.45) is 4.70. The van der Waals surface area contributed by atoms with Crippen molar-refractivity contribution in [2.24, 2.45) is 17.8 Å². The Labute approximate surface area is 120 Å². The molecule has 0 radical (unpaired) electrons. The van der Waals surface area contributed by atoms with Crippen LogP contribution in [0.3, 0.4) is 0 Å². The van der Waals surface area contributed by atoms with Crippen molar-refractivity contribution < 1.29 is 9.18 Å². The van der Waals surface area contributed by atoms with Crippen molar-refractivity contribution in [3.8, 4) is 0 Å². The van der Waals surface area contributed by atoms with Gasteiger partial charge in [0.15, 0.2) is 0 Å². The lowest BCUT2D eigenvalue weighted by molar-refractivity contribution is 0.0867. The molecule has 0 spiro atoms. The zero-order valence-electron chi connectivity index (χ0n) is 12.4. The Morgan fingerprint density at radius 3 is 2.75 bits per heavy atom. The number of hydrogen-bond donors (Lipinski definition) is 1. The molecular weight excluding hydrogens is 255 g/mol. The van der Waals surface area contributed by atoms with Gasteiger partial charge in [-0.3, -0.25) is 4.79 Å². The molecule has 3 nitrogen and oxygen atoms in total. The predicted molar refractivity (Wildman–Crippen MR) is 76.8 cm³/mol. The second-order valence-electron chi connectivity index (χ2n) is 6.28. The maximum absolute atomic E-state index is 12.8. The molecule has 1 aliphatic rings. The van der Waals surface area contributed by atoms with Gasteiger partial charge in [-0.25, -0.2) is 4.98 Å². The third kappa shape index (κ3) is 3.56. The summed E-state index contributed by atoms with van der Waals surface area (Å²) in [5.41, 5.74) is 0.423. The average Bonchev–Trinajstić information content (AvgIpc) is 2.39. The van der Waals surface area contributed by atoms with E-state index in [1.54, 1.807) is 0 Å². The van der Waals surface area contributed by atoms with E-state index in [-0.39, 0.29) is 11.9 Å². The topological polar surface area (TPSA) is 42.0 Å². The van der Waals surface area contributed by atoms with E-state index >= 15 is 0 Å². The van der Waals surface area contributed by atoms with Crippen LogP contribution in [0.2, 0.25) is 0 Å². The molecular formula is C16H23FN2O. The van der Waals surface area contributed by atoms with Crippen LogP contribution in [0.1, 0.15) is 50.4 Å². The second kappa shape index (κ2) is 6.33. The number of rotatable bonds is 3. The number of nitrogens with zero attached hydrogens (tertiary/aromatic N) is 1. The first kappa shape index (κ1) is 14.9. The fraction of sp³-hybridized carbons (Fsp3) is 0.625. The van der Waals surface area contributed by atoms with E-state index in [9.17, 15) is 9.18 Å². The smallest absolute Gasteiger partial charge is 0.253 e. The Morgan fingerprint density at radius 2 is 2.15 bits per heavy atom. The molecule has 1 heterocycles. The quantitative estimate of drug-likeness (QED) is 0.861. The molecule has 4 heteroatoms. The number of carbonyl (C=O) groups excluding carboxylic acids is 1. The summed E-state index contributed by atoms with van der Waals surface area (Å²) in [6.45, 7) is 6.65. The maximum Gasteiger partial charge on any atom is 0.253 e. The first-order valence-corrected chi connectivity index (χ1v) is 7.39. The SMILES string of the molecule is CC1CCC(C(C)C)C(NC(=O)c2ccc(F)nc2)C1. The third-order valence-corrected chi connectivity index (χ3v) is 4.33. The lowest BCUT2D eigenvalue weighted by Crippen LogP contribution is -2.45. The van der Waals surface area contributed by atoms with Crippen LogP contribution < -0.4 is 5.32 Å². The average molecular weight is 278 g/mol. The predicted octanol–water partition coefficient (Wildman–Crippen LogP) is 3.41. The Balaban J connectivity index is 2.05. The number of pyridine rings is 1. The fourth-order valence-electron chi connectivity index (χ4n) is 3.13. The minimum atomic E-state index is -0.562. The van der Waals surface area contributed by atoms with Crippen LogP contribution in [0.25, 0.3) is 0 Å². The zero-order chi connectivity index (χ0) is 14.7. The van der Waals surface area contributed by atoms with Crippen LogP contribution >= 0.6 is 0 Å². The normalized spacial score (nSPS) is 26.6. The molecule has 0 saturated heterocycles. The van der Waals surface area contributed by atoms with Gasteiger partial charge < -0.3 is 5.32 Å². The van der Waals surface area contributed by atoms with Crippen molar-refractivity contribution in [1.82, 2.24) is 10.3 Å². The summed E-state index contributed by atoms with van der Waals surface area (Å²) >= 11 is 0. The molecule has 2 rings (SSSR count). The van der Waals surface area contributed by atoms with Crippen molar-refractivity contribution in [1.29, 1.82) is 0 Å². The minimum absolute atomic E-state index is 0.151. The molecule has 20 heavy (non-hydrogen) atoms. The van der Waals surface area contributed by atoms with Crippen LogP contribution in [0.15, 0.2) is 18.3 Å². The van der Waals surface area contributed by atoms with Crippen LogP contribution in [0.4, 0.5) is 4.39 Å². The van der Waals surface area contributed by atoms with Gasteiger partial charge in [0.1, 0.15) is 0 Å². The van der Waals surface area contributed by atoms with Crippen LogP contribution in [-0.2, 0) is 0 Å². The van der Waals surface area contributed by atoms with Gasteiger partial charge in [0, 0.05) is 12.2 Å². The van der Waals surface area contributed by atoms with Crippen LogP contribution in [0.5, 0.6) is 0 Å². The molecule has 0 aliphatic heterocycles. The largest absolute Gasteiger partial charge is 0.349 e. The molecule has 1 saturated carbocycles. The van der Waals surface area contributed by atoms with Crippen LogP contribution in [-0.4, -0.2) is 16.9 Å².